The highest BCUT2D eigenvalue weighted by molar-refractivity contribution is 5.74. The van der Waals surface area contributed by atoms with Crippen molar-refractivity contribution in [2.75, 3.05) is 14.2 Å². The molecule has 3 heteroatoms. The Bertz CT molecular complexity index is 275. The molecule has 3 nitrogen and oxygen atoms in total. The van der Waals surface area contributed by atoms with Gasteiger partial charge in [-0.15, -0.1) is 0 Å². The number of rotatable bonds is 3. The third-order valence-corrected chi connectivity index (χ3v) is 0.729. The van der Waals surface area contributed by atoms with E-state index in [-0.39, 0.29) is 0 Å². The molecule has 1 amide bonds. The maximum Gasteiger partial charge on any atom is 0.245 e. The molecule has 9 heavy (non-hydrogen) atoms. The number of carbonyl (C=O) groups is 1. The lowest BCUT2D eigenvalue weighted by molar-refractivity contribution is -0.168. The zero-order valence-electron chi connectivity index (χ0n) is 12.3. The second-order valence-electron chi connectivity index (χ2n) is 1.24. The molecule has 0 aliphatic carbocycles. The smallest absolute Gasteiger partial charge is 0.245 e. The number of hydrogen-bond acceptors (Lipinski definition) is 2. The van der Waals surface area contributed by atoms with E-state index in [0.29, 0.717) is 5.06 Å². The first kappa shape index (κ1) is 2.23. The summed E-state index contributed by atoms with van der Waals surface area (Å²) in [5, 5.41) is 0.448. The van der Waals surface area contributed by atoms with Crippen LogP contribution < -0.4 is 0 Å². The van der Waals surface area contributed by atoms with Crippen molar-refractivity contribution in [1.82, 2.24) is 5.06 Å². The molecule has 0 saturated carbocycles. The molecule has 0 saturated heterocycles. The monoisotopic (exact) mass is 138 g/mol. The standard InChI is InChI=1S/C6H13NO2/c1-4-5-6(8)7(2)9-3/h4-5H2,1-3H3/i1D3,4D2,5D2. The maximum atomic E-state index is 11.4. The van der Waals surface area contributed by atoms with E-state index in [1.165, 1.54) is 0 Å². The molecule has 0 atom stereocenters. The molecule has 0 rings (SSSR count). The minimum atomic E-state index is -3.30. The van der Waals surface area contributed by atoms with E-state index < -0.39 is 25.5 Å². The Kier molecular flexibility index (Phi) is 1.07. The molecule has 0 aromatic rings. The average Bonchev–Trinajstić information content (AvgIpc) is 2.13. The molecule has 0 aromatic carbocycles. The van der Waals surface area contributed by atoms with Gasteiger partial charge in [0, 0.05) is 23.0 Å². The molecular formula is C6H13NO2. The van der Waals surface area contributed by atoms with Crippen LogP contribution >= 0.6 is 0 Å². The van der Waals surface area contributed by atoms with Crippen LogP contribution in [-0.4, -0.2) is 25.1 Å². The van der Waals surface area contributed by atoms with Crippen LogP contribution in [0.4, 0.5) is 0 Å². The maximum absolute atomic E-state index is 11.4. The molecule has 0 aliphatic heterocycles. The van der Waals surface area contributed by atoms with Gasteiger partial charge in [0.1, 0.15) is 0 Å². The summed E-state index contributed by atoms with van der Waals surface area (Å²) in [6.45, 7) is -3.25. The fourth-order valence-corrected chi connectivity index (χ4v) is 0.215. The third-order valence-electron chi connectivity index (χ3n) is 0.729. The van der Waals surface area contributed by atoms with Crippen LogP contribution in [0.2, 0.25) is 0 Å². The summed E-state index contributed by atoms with van der Waals surface area (Å²) in [4.78, 5) is 15.8. The Labute approximate surface area is 65.4 Å². The van der Waals surface area contributed by atoms with Crippen LogP contribution in [0.15, 0.2) is 0 Å². The molecule has 0 N–H and O–H groups in total. The van der Waals surface area contributed by atoms with Crippen molar-refractivity contribution in [2.45, 2.75) is 19.6 Å². The normalized spacial score (nSPS) is 25.3. The van der Waals surface area contributed by atoms with Crippen LogP contribution in [0.1, 0.15) is 29.2 Å². The zero-order chi connectivity index (χ0) is 13.4. The highest BCUT2D eigenvalue weighted by Crippen LogP contribution is 1.92. The first-order valence-corrected chi connectivity index (χ1v) is 2.22. The summed E-state index contributed by atoms with van der Waals surface area (Å²) in [5.74, 6) is -1.39. The van der Waals surface area contributed by atoms with Crippen molar-refractivity contribution in [1.29, 1.82) is 0 Å². The minimum Gasteiger partial charge on any atom is -0.275 e. The number of nitrogens with zero attached hydrogens (tertiary/aromatic N) is 1. The largest absolute Gasteiger partial charge is 0.275 e. The van der Waals surface area contributed by atoms with Crippen molar-refractivity contribution in [3.8, 4) is 0 Å². The molecule has 0 radical (unpaired) electrons. The van der Waals surface area contributed by atoms with Gasteiger partial charge in [-0.05, 0) is 6.37 Å². The topological polar surface area (TPSA) is 29.5 Å². The predicted octanol–water partition coefficient (Wildman–Crippen LogP) is 0.806. The van der Waals surface area contributed by atoms with Gasteiger partial charge in [0.05, 0.1) is 7.11 Å². The van der Waals surface area contributed by atoms with Gasteiger partial charge in [-0.3, -0.25) is 9.63 Å². The van der Waals surface area contributed by atoms with Crippen molar-refractivity contribution < 1.29 is 19.2 Å². The molecule has 0 aromatic heterocycles. The summed E-state index contributed by atoms with van der Waals surface area (Å²) < 4.78 is 49.6. The highest BCUT2D eigenvalue weighted by atomic mass is 16.7. The molecule has 54 valence electrons. The minimum absolute atomic E-state index is 0.448. The summed E-state index contributed by atoms with van der Waals surface area (Å²) >= 11 is 0. The lowest BCUT2D eigenvalue weighted by Gasteiger charge is -2.11. The lowest BCUT2D eigenvalue weighted by atomic mass is 10.3. The van der Waals surface area contributed by atoms with Crippen LogP contribution in [0.3, 0.4) is 0 Å². The van der Waals surface area contributed by atoms with Gasteiger partial charge in [0.2, 0.25) is 5.91 Å². The third kappa shape index (κ3) is 3.08. The van der Waals surface area contributed by atoms with Crippen LogP contribution in [0.5, 0.6) is 0 Å². The number of amides is 1. The van der Waals surface area contributed by atoms with Gasteiger partial charge in [0.25, 0.3) is 0 Å². The molecular weight excluding hydrogens is 118 g/mol. The fraction of sp³-hybridized carbons (Fsp3) is 0.833. The fourth-order valence-electron chi connectivity index (χ4n) is 0.215. The van der Waals surface area contributed by atoms with Gasteiger partial charge in [-0.1, -0.05) is 6.85 Å². The van der Waals surface area contributed by atoms with Gasteiger partial charge < -0.3 is 0 Å². The van der Waals surface area contributed by atoms with Gasteiger partial charge in [0.15, 0.2) is 0 Å². The average molecular weight is 138 g/mol. The second kappa shape index (κ2) is 4.32. The molecule has 0 unspecified atom stereocenters. The van der Waals surface area contributed by atoms with Crippen LogP contribution in [0.25, 0.3) is 0 Å². The lowest BCUT2D eigenvalue weighted by Crippen LogP contribution is -2.24. The number of carbonyl (C=O) groups excluding carboxylic acids is 1. The second-order valence-corrected chi connectivity index (χ2v) is 1.24. The first-order chi connectivity index (χ1) is 6.89. The van der Waals surface area contributed by atoms with E-state index in [1.807, 2.05) is 0 Å². The summed E-state index contributed by atoms with van der Waals surface area (Å²) in [7, 11) is 2.15. The summed E-state index contributed by atoms with van der Waals surface area (Å²) in [5.41, 5.74) is 0. The Hall–Kier alpha value is -0.570. The van der Waals surface area contributed by atoms with Crippen molar-refractivity contribution >= 4 is 5.91 Å². The van der Waals surface area contributed by atoms with E-state index in [4.69, 9.17) is 9.60 Å². The molecule has 0 aliphatic rings. The van der Waals surface area contributed by atoms with Crippen molar-refractivity contribution in [3.05, 3.63) is 0 Å². The number of hydrogen-bond donors (Lipinski definition) is 0. The van der Waals surface area contributed by atoms with E-state index in [1.54, 1.807) is 0 Å². The Morgan fingerprint density at radius 2 is 2.67 bits per heavy atom. The van der Waals surface area contributed by atoms with E-state index in [0.717, 1.165) is 14.2 Å². The Morgan fingerprint density at radius 1 is 2.00 bits per heavy atom. The summed E-state index contributed by atoms with van der Waals surface area (Å²) in [6, 6.07) is 0. The van der Waals surface area contributed by atoms with Gasteiger partial charge in [-0.25, -0.2) is 5.06 Å². The molecule has 0 heterocycles. The SMILES string of the molecule is [2H]C([2H])([2H])C([2H])([2H])C([2H])([2H])C(=O)N(C)OC. The summed E-state index contributed by atoms with van der Waals surface area (Å²) in [6.07, 6.45) is -6.51. The number of hydroxylamine groups is 2. The predicted molar refractivity (Wildman–Crippen MR) is 34.7 cm³/mol. The van der Waals surface area contributed by atoms with Crippen LogP contribution in [-0.2, 0) is 9.63 Å². The zero-order valence-corrected chi connectivity index (χ0v) is 5.26. The quantitative estimate of drug-likeness (QED) is 0.540. The van der Waals surface area contributed by atoms with Gasteiger partial charge >= 0.3 is 0 Å². The molecule has 0 bridgehead atoms. The Balaban J connectivity index is 5.28. The van der Waals surface area contributed by atoms with E-state index in [9.17, 15) is 4.79 Å². The van der Waals surface area contributed by atoms with E-state index in [2.05, 4.69) is 4.84 Å². The molecule has 0 spiro atoms. The van der Waals surface area contributed by atoms with Gasteiger partial charge in [-0.2, -0.15) is 0 Å². The highest BCUT2D eigenvalue weighted by Gasteiger charge is 2.03. The molecule has 0 fully saturated rings. The first-order valence-electron chi connectivity index (χ1n) is 5.72. The van der Waals surface area contributed by atoms with Crippen molar-refractivity contribution in [3.63, 3.8) is 0 Å². The van der Waals surface area contributed by atoms with Crippen molar-refractivity contribution in [2.24, 2.45) is 0 Å². The Morgan fingerprint density at radius 3 is 3.11 bits per heavy atom. The van der Waals surface area contributed by atoms with E-state index >= 15 is 0 Å². The van der Waals surface area contributed by atoms with Crippen LogP contribution in [0, 0.1) is 0 Å².